The summed E-state index contributed by atoms with van der Waals surface area (Å²) in [5.74, 6) is 0. The Balaban J connectivity index is 1.92. The Bertz CT molecular complexity index is 1100. The van der Waals surface area contributed by atoms with Crippen LogP contribution in [-0.2, 0) is 6.54 Å². The molecule has 0 radical (unpaired) electrons. The van der Waals surface area contributed by atoms with Gasteiger partial charge in [-0.05, 0) is 23.8 Å². The quantitative estimate of drug-likeness (QED) is 0.452. The van der Waals surface area contributed by atoms with Gasteiger partial charge in [-0.3, -0.25) is 10.2 Å². The van der Waals surface area contributed by atoms with Gasteiger partial charge in [-0.25, -0.2) is 5.10 Å². The Morgan fingerprint density at radius 2 is 1.82 bits per heavy atom. The standard InChI is InChI=1S/C20H15N7O/c21-11-16(12-22)24-26-19-10-15(17-8-9-20(28)27-25-17)6-7-18(19)23-13-14-4-2-1-3-5-14/h1-10,23,26H,13H2,(H,27,28). The van der Waals surface area contributed by atoms with Crippen LogP contribution in [0.2, 0.25) is 0 Å². The molecule has 0 aliphatic heterocycles. The molecule has 8 heteroatoms. The summed E-state index contributed by atoms with van der Waals surface area (Å²) in [6, 6.07) is 21.7. The minimum atomic E-state index is -0.291. The van der Waals surface area contributed by atoms with Crippen LogP contribution < -0.4 is 16.3 Å². The van der Waals surface area contributed by atoms with E-state index >= 15 is 0 Å². The van der Waals surface area contributed by atoms with Crippen molar-refractivity contribution >= 4 is 17.1 Å². The number of aromatic nitrogens is 2. The normalized spacial score (nSPS) is 9.64. The molecular formula is C20H15N7O. The van der Waals surface area contributed by atoms with Gasteiger partial charge in [-0.15, -0.1) is 0 Å². The lowest BCUT2D eigenvalue weighted by Crippen LogP contribution is -2.06. The smallest absolute Gasteiger partial charge is 0.264 e. The van der Waals surface area contributed by atoms with Crippen molar-refractivity contribution in [3.63, 3.8) is 0 Å². The Kier molecular flexibility index (Phi) is 5.76. The van der Waals surface area contributed by atoms with Crippen LogP contribution in [0.5, 0.6) is 0 Å². The van der Waals surface area contributed by atoms with E-state index in [1.54, 1.807) is 24.3 Å². The average Bonchev–Trinajstić information content (AvgIpc) is 2.74. The second kappa shape index (κ2) is 8.79. The van der Waals surface area contributed by atoms with Gasteiger partial charge in [0.1, 0.15) is 12.1 Å². The highest BCUT2D eigenvalue weighted by molar-refractivity contribution is 6.10. The maximum absolute atomic E-state index is 11.2. The summed E-state index contributed by atoms with van der Waals surface area (Å²) in [6.45, 7) is 0.582. The zero-order chi connectivity index (χ0) is 19.8. The Morgan fingerprint density at radius 1 is 1.04 bits per heavy atom. The maximum Gasteiger partial charge on any atom is 0.264 e. The van der Waals surface area contributed by atoms with Crippen molar-refractivity contribution in [2.45, 2.75) is 6.54 Å². The zero-order valence-electron chi connectivity index (χ0n) is 14.7. The molecule has 3 rings (SSSR count). The fourth-order valence-corrected chi connectivity index (χ4v) is 2.44. The van der Waals surface area contributed by atoms with Gasteiger partial charge >= 0.3 is 0 Å². The molecule has 0 fully saturated rings. The largest absolute Gasteiger partial charge is 0.379 e. The number of rotatable bonds is 6. The van der Waals surface area contributed by atoms with Crippen LogP contribution in [0.3, 0.4) is 0 Å². The van der Waals surface area contributed by atoms with Gasteiger partial charge in [0.15, 0.2) is 0 Å². The lowest BCUT2D eigenvalue weighted by atomic mass is 10.1. The first-order valence-electron chi connectivity index (χ1n) is 8.31. The van der Waals surface area contributed by atoms with Crippen molar-refractivity contribution < 1.29 is 0 Å². The Morgan fingerprint density at radius 3 is 2.50 bits per heavy atom. The van der Waals surface area contributed by atoms with E-state index in [0.717, 1.165) is 16.8 Å². The Labute approximate surface area is 160 Å². The predicted octanol–water partition coefficient (Wildman–Crippen LogP) is 2.86. The summed E-state index contributed by atoms with van der Waals surface area (Å²) >= 11 is 0. The highest BCUT2D eigenvalue weighted by Gasteiger charge is 2.07. The summed E-state index contributed by atoms with van der Waals surface area (Å²) in [5, 5.41) is 31.3. The van der Waals surface area contributed by atoms with E-state index in [2.05, 4.69) is 26.0 Å². The lowest BCUT2D eigenvalue weighted by Gasteiger charge is -2.13. The molecular weight excluding hydrogens is 354 g/mol. The second-order valence-corrected chi connectivity index (χ2v) is 5.70. The molecule has 0 atom stereocenters. The van der Waals surface area contributed by atoms with Crippen molar-refractivity contribution in [1.29, 1.82) is 10.5 Å². The Hall–Kier alpha value is -4.43. The number of benzene rings is 2. The maximum atomic E-state index is 11.2. The molecule has 0 bridgehead atoms. The molecule has 3 aromatic rings. The first-order valence-corrected chi connectivity index (χ1v) is 8.31. The van der Waals surface area contributed by atoms with Gasteiger partial charge in [0.25, 0.3) is 5.56 Å². The lowest BCUT2D eigenvalue weighted by molar-refractivity contribution is 0.995. The third-order valence-corrected chi connectivity index (χ3v) is 3.82. The number of hydrogen-bond acceptors (Lipinski definition) is 7. The van der Waals surface area contributed by atoms with Crippen molar-refractivity contribution in [2.24, 2.45) is 5.10 Å². The fraction of sp³-hybridized carbons (Fsp3) is 0.0500. The van der Waals surface area contributed by atoms with E-state index < -0.39 is 0 Å². The molecule has 0 saturated heterocycles. The molecule has 28 heavy (non-hydrogen) atoms. The number of H-pyrrole nitrogens is 1. The van der Waals surface area contributed by atoms with Crippen molar-refractivity contribution in [1.82, 2.24) is 10.2 Å². The summed E-state index contributed by atoms with van der Waals surface area (Å²) in [7, 11) is 0. The molecule has 0 saturated carbocycles. The van der Waals surface area contributed by atoms with E-state index in [0.29, 0.717) is 17.9 Å². The molecule has 1 heterocycles. The minimum absolute atomic E-state index is 0.290. The van der Waals surface area contributed by atoms with Crippen LogP contribution in [0.25, 0.3) is 11.3 Å². The predicted molar refractivity (Wildman–Crippen MR) is 106 cm³/mol. The van der Waals surface area contributed by atoms with Crippen LogP contribution in [0.15, 0.2) is 70.6 Å². The highest BCUT2D eigenvalue weighted by Crippen LogP contribution is 2.28. The van der Waals surface area contributed by atoms with Crippen LogP contribution in [0.4, 0.5) is 11.4 Å². The topological polar surface area (TPSA) is 130 Å². The van der Waals surface area contributed by atoms with Gasteiger partial charge in [-0.1, -0.05) is 36.4 Å². The van der Waals surface area contributed by atoms with Crippen molar-refractivity contribution in [3.05, 3.63) is 76.6 Å². The molecule has 8 nitrogen and oxygen atoms in total. The number of nitrogens with zero attached hydrogens (tertiary/aromatic N) is 4. The fourth-order valence-electron chi connectivity index (χ4n) is 2.44. The number of nitriles is 2. The van der Waals surface area contributed by atoms with Gasteiger partial charge in [0.05, 0.1) is 17.1 Å². The minimum Gasteiger partial charge on any atom is -0.379 e. The molecule has 136 valence electrons. The highest BCUT2D eigenvalue weighted by atomic mass is 16.1. The summed E-state index contributed by atoms with van der Waals surface area (Å²) < 4.78 is 0. The molecule has 0 aliphatic rings. The van der Waals surface area contributed by atoms with E-state index in [1.807, 2.05) is 42.5 Å². The monoisotopic (exact) mass is 369 g/mol. The zero-order valence-corrected chi connectivity index (χ0v) is 14.7. The van der Waals surface area contributed by atoms with E-state index in [-0.39, 0.29) is 11.3 Å². The van der Waals surface area contributed by atoms with Gasteiger partial charge < -0.3 is 5.32 Å². The number of aromatic amines is 1. The van der Waals surface area contributed by atoms with Crippen LogP contribution >= 0.6 is 0 Å². The molecule has 3 N–H and O–H groups in total. The molecule has 0 unspecified atom stereocenters. The molecule has 0 spiro atoms. The first-order chi connectivity index (χ1) is 13.7. The van der Waals surface area contributed by atoms with Gasteiger partial charge in [0, 0.05) is 18.2 Å². The van der Waals surface area contributed by atoms with E-state index in [4.69, 9.17) is 10.5 Å². The number of anilines is 2. The van der Waals surface area contributed by atoms with E-state index in [9.17, 15) is 4.79 Å². The summed E-state index contributed by atoms with van der Waals surface area (Å²) in [4.78, 5) is 11.2. The van der Waals surface area contributed by atoms with Crippen LogP contribution in [0, 0.1) is 22.7 Å². The van der Waals surface area contributed by atoms with Crippen molar-refractivity contribution in [3.8, 4) is 23.4 Å². The van der Waals surface area contributed by atoms with Crippen LogP contribution in [-0.4, -0.2) is 15.9 Å². The number of hydrazone groups is 1. The average molecular weight is 369 g/mol. The summed E-state index contributed by atoms with van der Waals surface area (Å²) in [5.41, 5.74) is 5.86. The molecule has 2 aromatic carbocycles. The van der Waals surface area contributed by atoms with Gasteiger partial charge in [-0.2, -0.15) is 20.7 Å². The van der Waals surface area contributed by atoms with Crippen molar-refractivity contribution in [2.75, 3.05) is 10.7 Å². The summed E-state index contributed by atoms with van der Waals surface area (Å²) in [6.07, 6.45) is 0. The number of hydrogen-bond donors (Lipinski definition) is 3. The SMILES string of the molecule is N#CC(C#N)=NNc1cc(-c2ccc(=O)[nH]n2)ccc1NCc1ccccc1. The van der Waals surface area contributed by atoms with E-state index in [1.165, 1.54) is 6.07 Å². The van der Waals surface area contributed by atoms with Crippen LogP contribution in [0.1, 0.15) is 5.56 Å². The number of nitrogens with one attached hydrogen (secondary N) is 3. The van der Waals surface area contributed by atoms with Gasteiger partial charge in [0.2, 0.25) is 5.71 Å². The first kappa shape index (κ1) is 18.4. The third-order valence-electron chi connectivity index (χ3n) is 3.82. The third kappa shape index (κ3) is 4.59. The molecule has 0 aliphatic carbocycles. The second-order valence-electron chi connectivity index (χ2n) is 5.70. The molecule has 0 amide bonds. The molecule has 1 aromatic heterocycles.